The van der Waals surface area contributed by atoms with E-state index in [9.17, 15) is 0 Å². The molecule has 120 valence electrons. The van der Waals surface area contributed by atoms with E-state index < -0.39 is 0 Å². The average Bonchev–Trinajstić information content (AvgIpc) is 2.54. The number of ether oxygens (including phenoxy) is 1. The summed E-state index contributed by atoms with van der Waals surface area (Å²) in [6, 6.07) is 8.80. The lowest BCUT2D eigenvalue weighted by Crippen LogP contribution is -2.35. The summed E-state index contributed by atoms with van der Waals surface area (Å²) in [7, 11) is 3.76. The number of nitrogens with one attached hydrogen (secondary N) is 1. The van der Waals surface area contributed by atoms with Gasteiger partial charge in [0.2, 0.25) is 0 Å². The number of nitrogens with zero attached hydrogens (tertiary/aromatic N) is 1. The van der Waals surface area contributed by atoms with E-state index in [1.807, 2.05) is 19.2 Å². The van der Waals surface area contributed by atoms with Crippen LogP contribution in [-0.4, -0.2) is 38.7 Å². The molecule has 1 aromatic rings. The fraction of sp³-hybridized carbons (Fsp3) is 0.667. The number of likely N-dealkylation sites (N-methyl/N-ethyl adjacent to an activating group) is 1. The highest BCUT2D eigenvalue weighted by Crippen LogP contribution is 2.19. The van der Waals surface area contributed by atoms with Crippen LogP contribution in [0.5, 0.6) is 5.75 Å². The van der Waals surface area contributed by atoms with Gasteiger partial charge in [-0.2, -0.15) is 0 Å². The van der Waals surface area contributed by atoms with Crippen LogP contribution >= 0.6 is 0 Å². The fourth-order valence-electron chi connectivity index (χ4n) is 2.52. The molecule has 0 amide bonds. The highest BCUT2D eigenvalue weighted by Gasteiger charge is 2.14. The topological polar surface area (TPSA) is 24.5 Å². The van der Waals surface area contributed by atoms with Crippen LogP contribution in [0.15, 0.2) is 24.3 Å². The Balaban J connectivity index is 2.66. The summed E-state index contributed by atoms with van der Waals surface area (Å²) < 4.78 is 5.24. The standard InChI is InChI=1S/C18H32N2O/c1-5-7-13-20(14-8-6-2)15-18(19-3)16-9-11-17(21-4)12-10-16/h9-12,18-19H,5-8,13-15H2,1-4H3. The van der Waals surface area contributed by atoms with Gasteiger partial charge in [-0.25, -0.2) is 0 Å². The molecule has 3 nitrogen and oxygen atoms in total. The average molecular weight is 292 g/mol. The predicted octanol–water partition coefficient (Wildman–Crippen LogP) is 3.86. The first-order valence-corrected chi connectivity index (χ1v) is 8.28. The molecule has 1 unspecified atom stereocenters. The van der Waals surface area contributed by atoms with Crippen LogP contribution < -0.4 is 10.1 Å². The summed E-state index contributed by atoms with van der Waals surface area (Å²) in [5, 5.41) is 3.46. The van der Waals surface area contributed by atoms with Gasteiger partial charge in [0, 0.05) is 12.6 Å². The molecular formula is C18H32N2O. The van der Waals surface area contributed by atoms with Crippen molar-refractivity contribution in [3.05, 3.63) is 29.8 Å². The van der Waals surface area contributed by atoms with Gasteiger partial charge in [-0.05, 0) is 50.7 Å². The number of unbranched alkanes of at least 4 members (excludes halogenated alkanes) is 2. The van der Waals surface area contributed by atoms with E-state index in [4.69, 9.17) is 4.74 Å². The minimum atomic E-state index is 0.379. The van der Waals surface area contributed by atoms with Crippen molar-refractivity contribution < 1.29 is 4.74 Å². The molecule has 1 atom stereocenters. The van der Waals surface area contributed by atoms with Gasteiger partial charge >= 0.3 is 0 Å². The quantitative estimate of drug-likeness (QED) is 0.670. The van der Waals surface area contributed by atoms with Crippen molar-refractivity contribution >= 4 is 0 Å². The molecule has 0 saturated heterocycles. The Hall–Kier alpha value is -1.06. The Labute approximate surface area is 130 Å². The van der Waals surface area contributed by atoms with Gasteiger partial charge in [-0.1, -0.05) is 38.8 Å². The Morgan fingerprint density at radius 1 is 1.05 bits per heavy atom. The lowest BCUT2D eigenvalue weighted by atomic mass is 10.1. The summed E-state index contributed by atoms with van der Waals surface area (Å²) in [6.45, 7) is 7.99. The normalized spacial score (nSPS) is 12.6. The molecule has 1 N–H and O–H groups in total. The molecule has 1 aromatic carbocycles. The van der Waals surface area contributed by atoms with E-state index in [1.165, 1.54) is 44.3 Å². The van der Waals surface area contributed by atoms with Crippen LogP contribution in [-0.2, 0) is 0 Å². The first kappa shape index (κ1) is 18.0. The Morgan fingerprint density at radius 2 is 1.62 bits per heavy atom. The first-order valence-electron chi connectivity index (χ1n) is 8.28. The maximum atomic E-state index is 5.24. The van der Waals surface area contributed by atoms with Gasteiger partial charge in [0.25, 0.3) is 0 Å². The van der Waals surface area contributed by atoms with Gasteiger partial charge < -0.3 is 15.0 Å². The van der Waals surface area contributed by atoms with E-state index in [-0.39, 0.29) is 0 Å². The lowest BCUT2D eigenvalue weighted by Gasteiger charge is -2.27. The molecule has 0 saturated carbocycles. The predicted molar refractivity (Wildman–Crippen MR) is 91.1 cm³/mol. The number of rotatable bonds is 11. The Morgan fingerprint density at radius 3 is 2.05 bits per heavy atom. The second-order valence-electron chi connectivity index (χ2n) is 5.62. The van der Waals surface area contributed by atoms with Crippen LogP contribution in [0.1, 0.15) is 51.1 Å². The zero-order valence-electron chi connectivity index (χ0n) is 14.2. The van der Waals surface area contributed by atoms with E-state index in [2.05, 4.69) is 36.2 Å². The van der Waals surface area contributed by atoms with Crippen LogP contribution in [0.4, 0.5) is 0 Å². The highest BCUT2D eigenvalue weighted by molar-refractivity contribution is 5.29. The van der Waals surface area contributed by atoms with Crippen LogP contribution in [0.25, 0.3) is 0 Å². The van der Waals surface area contributed by atoms with Gasteiger partial charge in [-0.3, -0.25) is 0 Å². The second-order valence-corrected chi connectivity index (χ2v) is 5.62. The number of methoxy groups -OCH3 is 1. The van der Waals surface area contributed by atoms with Crippen molar-refractivity contribution in [3.63, 3.8) is 0 Å². The zero-order valence-corrected chi connectivity index (χ0v) is 14.2. The van der Waals surface area contributed by atoms with Crippen molar-refractivity contribution in [3.8, 4) is 5.75 Å². The van der Waals surface area contributed by atoms with E-state index in [0.717, 1.165) is 12.3 Å². The molecule has 0 spiro atoms. The molecule has 3 heteroatoms. The molecule has 0 aliphatic heterocycles. The van der Waals surface area contributed by atoms with Crippen molar-refractivity contribution in [2.24, 2.45) is 0 Å². The molecular weight excluding hydrogens is 260 g/mol. The van der Waals surface area contributed by atoms with Gasteiger partial charge in [0.1, 0.15) is 5.75 Å². The third-order valence-corrected chi connectivity index (χ3v) is 3.96. The molecule has 0 aliphatic carbocycles. The monoisotopic (exact) mass is 292 g/mol. The van der Waals surface area contributed by atoms with Gasteiger partial charge in [-0.15, -0.1) is 0 Å². The summed E-state index contributed by atoms with van der Waals surface area (Å²) >= 11 is 0. The minimum Gasteiger partial charge on any atom is -0.497 e. The molecule has 0 radical (unpaired) electrons. The summed E-state index contributed by atoms with van der Waals surface area (Å²) in [5.74, 6) is 0.919. The Bertz CT molecular complexity index is 356. The molecule has 0 fully saturated rings. The SMILES string of the molecule is CCCCN(CCCC)CC(NC)c1ccc(OC)cc1. The molecule has 0 aliphatic rings. The summed E-state index contributed by atoms with van der Waals surface area (Å²) in [6.07, 6.45) is 5.08. The van der Waals surface area contributed by atoms with E-state index in [0.29, 0.717) is 6.04 Å². The second kappa shape index (κ2) is 10.6. The van der Waals surface area contributed by atoms with Gasteiger partial charge in [0.15, 0.2) is 0 Å². The highest BCUT2D eigenvalue weighted by atomic mass is 16.5. The molecule has 0 heterocycles. The first-order chi connectivity index (χ1) is 10.2. The largest absolute Gasteiger partial charge is 0.497 e. The molecule has 0 bridgehead atoms. The maximum Gasteiger partial charge on any atom is 0.118 e. The zero-order chi connectivity index (χ0) is 15.5. The van der Waals surface area contributed by atoms with E-state index in [1.54, 1.807) is 7.11 Å². The summed E-state index contributed by atoms with van der Waals surface area (Å²) in [5.41, 5.74) is 1.33. The Kier molecular flexibility index (Phi) is 9.11. The van der Waals surface area contributed by atoms with Crippen molar-refractivity contribution in [1.82, 2.24) is 10.2 Å². The number of hydrogen-bond acceptors (Lipinski definition) is 3. The van der Waals surface area contributed by atoms with Crippen LogP contribution in [0.2, 0.25) is 0 Å². The molecule has 0 aromatic heterocycles. The fourth-order valence-corrected chi connectivity index (χ4v) is 2.52. The van der Waals surface area contributed by atoms with Crippen molar-refractivity contribution in [1.29, 1.82) is 0 Å². The number of hydrogen-bond donors (Lipinski definition) is 1. The maximum absolute atomic E-state index is 5.24. The molecule has 1 rings (SSSR count). The van der Waals surface area contributed by atoms with Gasteiger partial charge in [0.05, 0.1) is 7.11 Å². The van der Waals surface area contributed by atoms with Crippen molar-refractivity contribution in [2.75, 3.05) is 33.8 Å². The lowest BCUT2D eigenvalue weighted by molar-refractivity contribution is 0.239. The number of benzene rings is 1. The van der Waals surface area contributed by atoms with Crippen molar-refractivity contribution in [2.45, 2.75) is 45.6 Å². The van der Waals surface area contributed by atoms with Crippen LogP contribution in [0, 0.1) is 0 Å². The van der Waals surface area contributed by atoms with E-state index >= 15 is 0 Å². The smallest absolute Gasteiger partial charge is 0.118 e. The third-order valence-electron chi connectivity index (χ3n) is 3.96. The molecule has 21 heavy (non-hydrogen) atoms. The third kappa shape index (κ3) is 6.49. The summed E-state index contributed by atoms with van der Waals surface area (Å²) in [4.78, 5) is 2.60. The van der Waals surface area contributed by atoms with Crippen LogP contribution in [0.3, 0.4) is 0 Å². The minimum absolute atomic E-state index is 0.379.